The van der Waals surface area contributed by atoms with Crippen molar-refractivity contribution in [2.45, 2.75) is 25.7 Å². The minimum absolute atomic E-state index is 0.485. The highest BCUT2D eigenvalue weighted by Gasteiger charge is 2.19. The van der Waals surface area contributed by atoms with Crippen LogP contribution in [-0.4, -0.2) is 19.1 Å². The quantitative estimate of drug-likeness (QED) is 0.767. The van der Waals surface area contributed by atoms with Gasteiger partial charge >= 0.3 is 0 Å². The number of fused-ring (bicyclic) bond motifs is 1. The lowest BCUT2D eigenvalue weighted by atomic mass is 9.85. The van der Waals surface area contributed by atoms with Crippen molar-refractivity contribution in [3.05, 3.63) is 65.4 Å². The number of hydrogen-bond donors (Lipinski definition) is 1. The van der Waals surface area contributed by atoms with E-state index in [1.807, 2.05) is 46.1 Å². The molecule has 0 aliphatic heterocycles. The number of nitrogen functional groups attached to an aromatic ring is 1. The Morgan fingerprint density at radius 3 is 2.42 bits per heavy atom. The Bertz CT molecular complexity index is 979. The first-order valence-electron chi connectivity index (χ1n) is 8.67. The molecule has 26 heavy (non-hydrogen) atoms. The zero-order chi connectivity index (χ0) is 18.9. The second-order valence-electron chi connectivity index (χ2n) is 7.40. The van der Waals surface area contributed by atoms with Gasteiger partial charge in [0.2, 0.25) is 0 Å². The van der Waals surface area contributed by atoms with Crippen LogP contribution < -0.4 is 10.6 Å². The molecule has 0 aliphatic rings. The number of nitrogens with zero attached hydrogens (tertiary/aromatic N) is 3. The molecule has 132 valence electrons. The van der Waals surface area contributed by atoms with E-state index in [0.29, 0.717) is 5.69 Å². The third kappa shape index (κ3) is 3.34. The molecule has 0 amide bonds. The molecule has 4 heteroatoms. The third-order valence-corrected chi connectivity index (χ3v) is 4.85. The van der Waals surface area contributed by atoms with E-state index in [2.05, 4.69) is 40.2 Å². The number of benzene rings is 2. The summed E-state index contributed by atoms with van der Waals surface area (Å²) in [6, 6.07) is 16.8. The summed E-state index contributed by atoms with van der Waals surface area (Å²) >= 11 is 0. The second kappa shape index (κ2) is 6.68. The molecule has 2 aromatic carbocycles. The SMILES string of the molecule is CN(C)c1ccc2ncc(N)c(Cc3ccc(C(C)(C)C#N)cc3)c2c1. The van der Waals surface area contributed by atoms with Gasteiger partial charge in [-0.05, 0) is 48.7 Å². The Hall–Kier alpha value is -3.06. The molecule has 0 aliphatic carbocycles. The van der Waals surface area contributed by atoms with Crippen LogP contribution in [0, 0.1) is 11.3 Å². The minimum Gasteiger partial charge on any atom is -0.397 e. The first-order valence-corrected chi connectivity index (χ1v) is 8.67. The Morgan fingerprint density at radius 1 is 1.12 bits per heavy atom. The van der Waals surface area contributed by atoms with Gasteiger partial charge in [0.1, 0.15) is 0 Å². The Labute approximate surface area is 154 Å². The second-order valence-corrected chi connectivity index (χ2v) is 7.40. The summed E-state index contributed by atoms with van der Waals surface area (Å²) in [5.41, 5.74) is 11.8. The van der Waals surface area contributed by atoms with Crippen LogP contribution in [-0.2, 0) is 11.8 Å². The molecule has 1 heterocycles. The molecule has 4 nitrogen and oxygen atoms in total. The maximum absolute atomic E-state index is 9.30. The average Bonchev–Trinajstić information content (AvgIpc) is 2.64. The molecule has 0 atom stereocenters. The van der Waals surface area contributed by atoms with Crippen molar-refractivity contribution in [1.29, 1.82) is 5.26 Å². The predicted octanol–water partition coefficient (Wildman–Crippen LogP) is 4.27. The maximum atomic E-state index is 9.30. The van der Waals surface area contributed by atoms with Crippen molar-refractivity contribution in [3.63, 3.8) is 0 Å². The van der Waals surface area contributed by atoms with Crippen LogP contribution in [0.15, 0.2) is 48.7 Å². The fourth-order valence-electron chi connectivity index (χ4n) is 3.03. The summed E-state index contributed by atoms with van der Waals surface area (Å²) in [4.78, 5) is 6.54. The fraction of sp³-hybridized carbons (Fsp3) is 0.273. The number of anilines is 2. The summed E-state index contributed by atoms with van der Waals surface area (Å²) in [7, 11) is 4.05. The molecular weight excluding hydrogens is 320 g/mol. The molecule has 0 unspecified atom stereocenters. The summed E-state index contributed by atoms with van der Waals surface area (Å²) in [6.45, 7) is 3.86. The smallest absolute Gasteiger partial charge is 0.0766 e. The minimum atomic E-state index is -0.485. The summed E-state index contributed by atoms with van der Waals surface area (Å²) < 4.78 is 0. The Kier molecular flexibility index (Phi) is 4.56. The van der Waals surface area contributed by atoms with Crippen molar-refractivity contribution in [2.75, 3.05) is 24.7 Å². The summed E-state index contributed by atoms with van der Waals surface area (Å²) in [5, 5.41) is 10.4. The molecule has 0 saturated heterocycles. The van der Waals surface area contributed by atoms with Crippen LogP contribution in [0.3, 0.4) is 0 Å². The third-order valence-electron chi connectivity index (χ3n) is 4.85. The summed E-state index contributed by atoms with van der Waals surface area (Å²) in [5.74, 6) is 0. The van der Waals surface area contributed by atoms with Crippen LogP contribution in [0.25, 0.3) is 10.9 Å². The van der Waals surface area contributed by atoms with Crippen molar-refractivity contribution in [2.24, 2.45) is 0 Å². The average molecular weight is 344 g/mol. The van der Waals surface area contributed by atoms with Gasteiger partial charge in [-0.2, -0.15) is 5.26 Å². The Balaban J connectivity index is 2.02. The first kappa shape index (κ1) is 17.8. The van der Waals surface area contributed by atoms with Crippen LogP contribution >= 0.6 is 0 Å². The molecule has 0 saturated carbocycles. The van der Waals surface area contributed by atoms with Gasteiger partial charge in [0.05, 0.1) is 28.9 Å². The number of aromatic nitrogens is 1. The molecule has 0 fully saturated rings. The van der Waals surface area contributed by atoms with Gasteiger partial charge in [-0.15, -0.1) is 0 Å². The lowest BCUT2D eigenvalue weighted by Gasteiger charge is -2.17. The van der Waals surface area contributed by atoms with Crippen molar-refractivity contribution in [3.8, 4) is 6.07 Å². The van der Waals surface area contributed by atoms with Crippen LogP contribution in [0.1, 0.15) is 30.5 Å². The van der Waals surface area contributed by atoms with E-state index in [1.165, 1.54) is 0 Å². The molecule has 3 aromatic rings. The molecule has 1 aromatic heterocycles. The molecule has 2 N–H and O–H groups in total. The van der Waals surface area contributed by atoms with Gasteiger partial charge in [0, 0.05) is 31.6 Å². The van der Waals surface area contributed by atoms with E-state index in [1.54, 1.807) is 6.20 Å². The largest absolute Gasteiger partial charge is 0.397 e. The van der Waals surface area contributed by atoms with Gasteiger partial charge in [0.25, 0.3) is 0 Å². The van der Waals surface area contributed by atoms with E-state index < -0.39 is 5.41 Å². The van der Waals surface area contributed by atoms with E-state index in [-0.39, 0.29) is 0 Å². The lowest BCUT2D eigenvalue weighted by Crippen LogP contribution is -2.13. The van der Waals surface area contributed by atoms with Gasteiger partial charge in [-0.3, -0.25) is 4.98 Å². The highest BCUT2D eigenvalue weighted by atomic mass is 15.1. The number of pyridine rings is 1. The molecule has 3 rings (SSSR count). The molecule has 0 spiro atoms. The number of nitriles is 1. The van der Waals surface area contributed by atoms with E-state index in [9.17, 15) is 5.26 Å². The van der Waals surface area contributed by atoms with E-state index in [0.717, 1.165) is 39.7 Å². The van der Waals surface area contributed by atoms with Gasteiger partial charge in [-0.25, -0.2) is 0 Å². The summed E-state index contributed by atoms with van der Waals surface area (Å²) in [6.07, 6.45) is 2.47. The molecular formula is C22H24N4. The number of rotatable bonds is 4. The Morgan fingerprint density at radius 2 is 1.81 bits per heavy atom. The standard InChI is InChI=1S/C22H24N4/c1-22(2,14-23)16-7-5-15(6-8-16)11-18-19-12-17(26(3)4)9-10-21(19)25-13-20(18)24/h5-10,12-13H,11,24H2,1-4H3. The van der Waals surface area contributed by atoms with Gasteiger partial charge < -0.3 is 10.6 Å². The number of nitrogens with two attached hydrogens (primary N) is 1. The van der Waals surface area contributed by atoms with Gasteiger partial charge in [0.15, 0.2) is 0 Å². The van der Waals surface area contributed by atoms with Crippen LogP contribution in [0.2, 0.25) is 0 Å². The molecule has 0 bridgehead atoms. The first-order chi connectivity index (χ1) is 12.3. The lowest BCUT2D eigenvalue weighted by molar-refractivity contribution is 0.686. The van der Waals surface area contributed by atoms with Crippen molar-refractivity contribution >= 4 is 22.3 Å². The zero-order valence-corrected chi connectivity index (χ0v) is 15.7. The monoisotopic (exact) mass is 344 g/mol. The molecule has 0 radical (unpaired) electrons. The fourth-order valence-corrected chi connectivity index (χ4v) is 3.03. The zero-order valence-electron chi connectivity index (χ0n) is 15.7. The van der Waals surface area contributed by atoms with Crippen LogP contribution in [0.4, 0.5) is 11.4 Å². The van der Waals surface area contributed by atoms with Crippen LogP contribution in [0.5, 0.6) is 0 Å². The highest BCUT2D eigenvalue weighted by molar-refractivity contribution is 5.89. The topological polar surface area (TPSA) is 65.9 Å². The van der Waals surface area contributed by atoms with Crippen molar-refractivity contribution < 1.29 is 0 Å². The normalized spacial score (nSPS) is 11.3. The maximum Gasteiger partial charge on any atom is 0.0766 e. The van der Waals surface area contributed by atoms with Gasteiger partial charge in [-0.1, -0.05) is 24.3 Å². The predicted molar refractivity (Wildman–Crippen MR) is 108 cm³/mol. The van der Waals surface area contributed by atoms with E-state index in [4.69, 9.17) is 5.73 Å². The van der Waals surface area contributed by atoms with E-state index >= 15 is 0 Å². The number of hydrogen-bond acceptors (Lipinski definition) is 4. The van der Waals surface area contributed by atoms with Crippen molar-refractivity contribution in [1.82, 2.24) is 4.98 Å². The highest BCUT2D eigenvalue weighted by Crippen LogP contribution is 2.29.